The van der Waals surface area contributed by atoms with Crippen molar-refractivity contribution in [2.75, 3.05) is 6.54 Å². The van der Waals surface area contributed by atoms with E-state index < -0.39 is 10.0 Å². The van der Waals surface area contributed by atoms with E-state index in [-0.39, 0.29) is 6.04 Å². The fourth-order valence-corrected chi connectivity index (χ4v) is 3.95. The van der Waals surface area contributed by atoms with Crippen molar-refractivity contribution in [2.45, 2.75) is 23.8 Å². The minimum absolute atomic E-state index is 0.150. The number of rotatable bonds is 5. The van der Waals surface area contributed by atoms with Crippen LogP contribution in [0.5, 0.6) is 0 Å². The molecular formula is C12H14BrNO2S. The molecule has 0 N–H and O–H groups in total. The summed E-state index contributed by atoms with van der Waals surface area (Å²) in [5, 5.41) is 0. The van der Waals surface area contributed by atoms with E-state index >= 15 is 0 Å². The number of halogens is 1. The van der Waals surface area contributed by atoms with Crippen LogP contribution < -0.4 is 0 Å². The Morgan fingerprint density at radius 1 is 1.47 bits per heavy atom. The number of benzene rings is 1. The molecule has 0 bridgehead atoms. The topological polar surface area (TPSA) is 37.4 Å². The van der Waals surface area contributed by atoms with E-state index in [0.717, 1.165) is 17.3 Å². The molecule has 1 aromatic carbocycles. The van der Waals surface area contributed by atoms with Crippen LogP contribution in [0.4, 0.5) is 0 Å². The van der Waals surface area contributed by atoms with E-state index in [9.17, 15) is 8.42 Å². The highest BCUT2D eigenvalue weighted by Gasteiger charge is 2.37. The van der Waals surface area contributed by atoms with Crippen LogP contribution in [0, 0.1) is 0 Å². The third-order valence-electron chi connectivity index (χ3n) is 2.67. The lowest BCUT2D eigenvalue weighted by Crippen LogP contribution is -2.33. The Kier molecular flexibility index (Phi) is 3.70. The summed E-state index contributed by atoms with van der Waals surface area (Å²) in [5.74, 6) is 0. The van der Waals surface area contributed by atoms with Crippen LogP contribution in [0.3, 0.4) is 0 Å². The van der Waals surface area contributed by atoms with Crippen LogP contribution in [-0.4, -0.2) is 25.3 Å². The fourth-order valence-electron chi connectivity index (χ4n) is 1.70. The van der Waals surface area contributed by atoms with Gasteiger partial charge in [-0.15, -0.1) is 6.58 Å². The van der Waals surface area contributed by atoms with E-state index in [2.05, 4.69) is 22.5 Å². The van der Waals surface area contributed by atoms with E-state index in [4.69, 9.17) is 0 Å². The van der Waals surface area contributed by atoms with Crippen LogP contribution in [0.1, 0.15) is 12.8 Å². The second kappa shape index (κ2) is 4.92. The zero-order valence-electron chi connectivity index (χ0n) is 9.34. The Labute approximate surface area is 110 Å². The molecule has 0 unspecified atom stereocenters. The molecule has 17 heavy (non-hydrogen) atoms. The van der Waals surface area contributed by atoms with Crippen molar-refractivity contribution in [3.63, 3.8) is 0 Å². The molecule has 92 valence electrons. The summed E-state index contributed by atoms with van der Waals surface area (Å²) in [7, 11) is -3.39. The Morgan fingerprint density at radius 2 is 2.18 bits per heavy atom. The summed E-state index contributed by atoms with van der Waals surface area (Å²) in [6, 6.07) is 6.95. The summed E-state index contributed by atoms with van der Waals surface area (Å²) in [6.45, 7) is 3.99. The van der Waals surface area contributed by atoms with Gasteiger partial charge >= 0.3 is 0 Å². The standard InChI is InChI=1S/C12H14BrNO2S/c1-2-8-14(11-6-7-11)17(15,16)12-5-3-4-10(13)9-12/h2-5,9,11H,1,6-8H2. The van der Waals surface area contributed by atoms with Gasteiger partial charge in [0.05, 0.1) is 4.90 Å². The summed E-state index contributed by atoms with van der Waals surface area (Å²) in [6.07, 6.45) is 3.52. The van der Waals surface area contributed by atoms with E-state index in [1.54, 1.807) is 24.3 Å². The molecule has 0 amide bonds. The highest BCUT2D eigenvalue weighted by atomic mass is 79.9. The third-order valence-corrected chi connectivity index (χ3v) is 5.07. The molecule has 0 heterocycles. The summed E-state index contributed by atoms with van der Waals surface area (Å²) in [4.78, 5) is 0.334. The van der Waals surface area contributed by atoms with Crippen LogP contribution in [0.15, 0.2) is 46.3 Å². The molecule has 0 radical (unpaired) electrons. The zero-order chi connectivity index (χ0) is 12.5. The summed E-state index contributed by atoms with van der Waals surface area (Å²) < 4.78 is 27.1. The van der Waals surface area contributed by atoms with E-state index in [0.29, 0.717) is 11.4 Å². The van der Waals surface area contributed by atoms with Gasteiger partial charge in [0.2, 0.25) is 10.0 Å². The van der Waals surface area contributed by atoms with Crippen LogP contribution in [-0.2, 0) is 10.0 Å². The molecule has 2 rings (SSSR count). The smallest absolute Gasteiger partial charge is 0.207 e. The van der Waals surface area contributed by atoms with Crippen molar-refractivity contribution >= 4 is 26.0 Å². The Balaban J connectivity index is 2.36. The van der Waals surface area contributed by atoms with Gasteiger partial charge in [0.15, 0.2) is 0 Å². The molecule has 1 aliphatic rings. The number of hydrogen-bond acceptors (Lipinski definition) is 2. The van der Waals surface area contributed by atoms with Gasteiger partial charge in [-0.1, -0.05) is 28.1 Å². The van der Waals surface area contributed by atoms with E-state index in [1.807, 2.05) is 6.07 Å². The van der Waals surface area contributed by atoms with Gasteiger partial charge in [-0.2, -0.15) is 4.31 Å². The molecule has 1 saturated carbocycles. The average Bonchev–Trinajstić information content (AvgIpc) is 3.09. The quantitative estimate of drug-likeness (QED) is 0.783. The van der Waals surface area contributed by atoms with Crippen LogP contribution >= 0.6 is 15.9 Å². The highest BCUT2D eigenvalue weighted by molar-refractivity contribution is 9.10. The number of sulfonamides is 1. The van der Waals surface area contributed by atoms with Crippen molar-refractivity contribution in [2.24, 2.45) is 0 Å². The van der Waals surface area contributed by atoms with Crippen molar-refractivity contribution in [3.05, 3.63) is 41.4 Å². The molecule has 1 aromatic rings. The highest BCUT2D eigenvalue weighted by Crippen LogP contribution is 2.32. The molecule has 3 nitrogen and oxygen atoms in total. The van der Waals surface area contributed by atoms with Gasteiger partial charge in [0, 0.05) is 17.1 Å². The lowest BCUT2D eigenvalue weighted by molar-refractivity contribution is 0.436. The molecule has 1 fully saturated rings. The predicted molar refractivity (Wildman–Crippen MR) is 71.3 cm³/mol. The van der Waals surface area contributed by atoms with Gasteiger partial charge in [0.1, 0.15) is 0 Å². The largest absolute Gasteiger partial charge is 0.243 e. The summed E-state index contributed by atoms with van der Waals surface area (Å²) in [5.41, 5.74) is 0. The van der Waals surface area contributed by atoms with Crippen LogP contribution in [0.25, 0.3) is 0 Å². The second-order valence-corrected chi connectivity index (χ2v) is 6.86. The number of hydrogen-bond donors (Lipinski definition) is 0. The lowest BCUT2D eigenvalue weighted by atomic mass is 10.4. The minimum atomic E-state index is -3.39. The van der Waals surface area contributed by atoms with E-state index in [1.165, 1.54) is 4.31 Å². The van der Waals surface area contributed by atoms with Gasteiger partial charge < -0.3 is 0 Å². The molecule has 0 spiro atoms. The predicted octanol–water partition coefficient (Wildman–Crippen LogP) is 2.79. The van der Waals surface area contributed by atoms with Gasteiger partial charge in [-0.05, 0) is 31.0 Å². The van der Waals surface area contributed by atoms with Gasteiger partial charge in [-0.25, -0.2) is 8.42 Å². The first-order chi connectivity index (χ1) is 8.05. The van der Waals surface area contributed by atoms with Crippen molar-refractivity contribution in [1.82, 2.24) is 4.31 Å². The maximum atomic E-state index is 12.4. The normalized spacial score (nSPS) is 16.1. The zero-order valence-corrected chi connectivity index (χ0v) is 11.7. The minimum Gasteiger partial charge on any atom is -0.207 e. The molecule has 0 aliphatic heterocycles. The molecule has 5 heteroatoms. The Bertz CT molecular complexity index is 523. The summed E-state index contributed by atoms with van der Waals surface area (Å²) >= 11 is 3.29. The second-order valence-electron chi connectivity index (χ2n) is 4.05. The lowest BCUT2D eigenvalue weighted by Gasteiger charge is -2.20. The Hall–Kier alpha value is -0.650. The van der Waals surface area contributed by atoms with Crippen molar-refractivity contribution in [3.8, 4) is 0 Å². The monoisotopic (exact) mass is 315 g/mol. The SMILES string of the molecule is C=CCN(C1CC1)S(=O)(=O)c1cccc(Br)c1. The number of nitrogens with zero attached hydrogens (tertiary/aromatic N) is 1. The Morgan fingerprint density at radius 3 is 2.71 bits per heavy atom. The third kappa shape index (κ3) is 2.78. The first-order valence-corrected chi connectivity index (χ1v) is 7.67. The molecular weight excluding hydrogens is 302 g/mol. The molecule has 0 saturated heterocycles. The van der Waals surface area contributed by atoms with Crippen LogP contribution in [0.2, 0.25) is 0 Å². The average molecular weight is 316 g/mol. The van der Waals surface area contributed by atoms with Gasteiger partial charge in [-0.3, -0.25) is 0 Å². The first kappa shape index (κ1) is 12.8. The molecule has 0 atom stereocenters. The first-order valence-electron chi connectivity index (χ1n) is 5.44. The van der Waals surface area contributed by atoms with Crippen molar-refractivity contribution in [1.29, 1.82) is 0 Å². The molecule has 1 aliphatic carbocycles. The maximum Gasteiger partial charge on any atom is 0.243 e. The van der Waals surface area contributed by atoms with Crippen molar-refractivity contribution < 1.29 is 8.42 Å². The maximum absolute atomic E-state index is 12.4. The van der Waals surface area contributed by atoms with Gasteiger partial charge in [0.25, 0.3) is 0 Å². The fraction of sp³-hybridized carbons (Fsp3) is 0.333. The molecule has 0 aromatic heterocycles.